The number of hydrogen-bond donors (Lipinski definition) is 0. The standard InChI is InChI=1S/C19H16FNO3S/c1-3-25-17-16(12-8-4-7-11-15(12)24-2)18(22)21(19(17)23)14-10-6-5-9-13(14)20/h4-11H,3H2,1-2H3. The highest BCUT2D eigenvalue weighted by Gasteiger charge is 2.41. The molecule has 0 saturated carbocycles. The first-order valence-electron chi connectivity index (χ1n) is 7.74. The topological polar surface area (TPSA) is 46.6 Å². The number of ether oxygens (including phenoxy) is 1. The van der Waals surface area contributed by atoms with Gasteiger partial charge in [0.15, 0.2) is 0 Å². The zero-order chi connectivity index (χ0) is 18.0. The number of carbonyl (C=O) groups is 2. The summed E-state index contributed by atoms with van der Waals surface area (Å²) in [4.78, 5) is 27.1. The molecule has 2 amide bonds. The van der Waals surface area contributed by atoms with Crippen LogP contribution in [0.1, 0.15) is 12.5 Å². The van der Waals surface area contributed by atoms with E-state index in [9.17, 15) is 14.0 Å². The number of methoxy groups -OCH3 is 1. The highest BCUT2D eigenvalue weighted by molar-refractivity contribution is 8.04. The number of amides is 2. The summed E-state index contributed by atoms with van der Waals surface area (Å²) in [6.45, 7) is 1.89. The van der Waals surface area contributed by atoms with Gasteiger partial charge in [-0.3, -0.25) is 9.59 Å². The van der Waals surface area contributed by atoms with Crippen molar-refractivity contribution < 1.29 is 18.7 Å². The fourth-order valence-electron chi connectivity index (χ4n) is 2.73. The molecule has 0 radical (unpaired) electrons. The van der Waals surface area contributed by atoms with Gasteiger partial charge in [0, 0.05) is 5.56 Å². The zero-order valence-electron chi connectivity index (χ0n) is 13.8. The number of benzene rings is 2. The predicted molar refractivity (Wildman–Crippen MR) is 96.9 cm³/mol. The van der Waals surface area contributed by atoms with Gasteiger partial charge in [-0.25, -0.2) is 9.29 Å². The van der Waals surface area contributed by atoms with Gasteiger partial charge >= 0.3 is 0 Å². The second-order valence-corrected chi connectivity index (χ2v) is 6.51. The van der Waals surface area contributed by atoms with E-state index in [2.05, 4.69) is 0 Å². The summed E-state index contributed by atoms with van der Waals surface area (Å²) in [7, 11) is 1.50. The van der Waals surface area contributed by atoms with Gasteiger partial charge in [-0.05, 0) is 24.0 Å². The largest absolute Gasteiger partial charge is 0.496 e. The molecule has 0 saturated heterocycles. The molecule has 2 aromatic carbocycles. The molecule has 0 spiro atoms. The van der Waals surface area contributed by atoms with E-state index in [4.69, 9.17) is 4.74 Å². The summed E-state index contributed by atoms with van der Waals surface area (Å²) in [6.07, 6.45) is 0. The Bertz CT molecular complexity index is 878. The van der Waals surface area contributed by atoms with E-state index < -0.39 is 17.6 Å². The maximum absolute atomic E-state index is 14.2. The summed E-state index contributed by atoms with van der Waals surface area (Å²) in [5.74, 6) is -0.578. The first-order chi connectivity index (χ1) is 12.1. The number of thioether (sulfide) groups is 1. The molecular formula is C19H16FNO3S. The van der Waals surface area contributed by atoms with E-state index in [1.807, 2.05) is 6.92 Å². The Kier molecular flexibility index (Phi) is 4.90. The Morgan fingerprint density at radius 1 is 1.04 bits per heavy atom. The van der Waals surface area contributed by atoms with Crippen LogP contribution in [0.5, 0.6) is 5.75 Å². The van der Waals surface area contributed by atoms with Crippen molar-refractivity contribution in [3.05, 3.63) is 64.8 Å². The lowest BCUT2D eigenvalue weighted by molar-refractivity contribution is -0.119. The molecule has 4 nitrogen and oxygen atoms in total. The van der Waals surface area contributed by atoms with Crippen molar-refractivity contribution in [1.82, 2.24) is 0 Å². The number of anilines is 1. The number of para-hydroxylation sites is 2. The third-order valence-electron chi connectivity index (χ3n) is 3.80. The van der Waals surface area contributed by atoms with Gasteiger partial charge in [-0.15, -0.1) is 11.8 Å². The third-order valence-corrected chi connectivity index (χ3v) is 4.76. The van der Waals surface area contributed by atoms with Crippen molar-refractivity contribution in [1.29, 1.82) is 0 Å². The minimum atomic E-state index is -0.619. The third kappa shape index (κ3) is 2.93. The molecule has 0 fully saturated rings. The molecule has 128 valence electrons. The molecule has 1 aliphatic rings. The SMILES string of the molecule is CCSC1=C(c2ccccc2OC)C(=O)N(c2ccccc2F)C1=O. The van der Waals surface area contributed by atoms with Crippen LogP contribution < -0.4 is 9.64 Å². The molecule has 0 N–H and O–H groups in total. The summed E-state index contributed by atoms with van der Waals surface area (Å²) in [5.41, 5.74) is 0.729. The molecule has 25 heavy (non-hydrogen) atoms. The van der Waals surface area contributed by atoms with Crippen LogP contribution in [0.4, 0.5) is 10.1 Å². The molecule has 6 heteroatoms. The number of rotatable bonds is 5. The molecule has 1 heterocycles. The lowest BCUT2D eigenvalue weighted by Crippen LogP contribution is -2.32. The van der Waals surface area contributed by atoms with E-state index in [0.29, 0.717) is 22.0 Å². The first-order valence-corrected chi connectivity index (χ1v) is 8.72. The Balaban J connectivity index is 2.17. The molecule has 3 rings (SSSR count). The monoisotopic (exact) mass is 357 g/mol. The Labute approximate surface area is 149 Å². The van der Waals surface area contributed by atoms with Crippen LogP contribution in [-0.4, -0.2) is 24.7 Å². The average Bonchev–Trinajstić information content (AvgIpc) is 2.86. The van der Waals surface area contributed by atoms with Crippen molar-refractivity contribution in [2.24, 2.45) is 0 Å². The fourth-order valence-corrected chi connectivity index (χ4v) is 3.57. The maximum atomic E-state index is 14.2. The first kappa shape index (κ1) is 17.2. The zero-order valence-corrected chi connectivity index (χ0v) is 14.6. The van der Waals surface area contributed by atoms with Gasteiger partial charge in [-0.1, -0.05) is 37.3 Å². The fraction of sp³-hybridized carbons (Fsp3) is 0.158. The molecule has 0 bridgehead atoms. The van der Waals surface area contributed by atoms with Gasteiger partial charge in [-0.2, -0.15) is 0 Å². The van der Waals surface area contributed by atoms with Crippen LogP contribution in [-0.2, 0) is 9.59 Å². The Morgan fingerprint density at radius 3 is 2.40 bits per heavy atom. The van der Waals surface area contributed by atoms with E-state index in [1.54, 1.807) is 30.3 Å². The molecular weight excluding hydrogens is 341 g/mol. The minimum Gasteiger partial charge on any atom is -0.496 e. The molecule has 0 aliphatic carbocycles. The second kappa shape index (κ2) is 7.11. The highest BCUT2D eigenvalue weighted by atomic mass is 32.2. The molecule has 0 aromatic heterocycles. The maximum Gasteiger partial charge on any atom is 0.272 e. The van der Waals surface area contributed by atoms with Crippen LogP contribution in [0.2, 0.25) is 0 Å². The summed E-state index contributed by atoms with van der Waals surface area (Å²) in [6, 6.07) is 12.7. The van der Waals surface area contributed by atoms with E-state index in [0.717, 1.165) is 4.90 Å². The second-order valence-electron chi connectivity index (χ2n) is 5.23. The molecule has 0 unspecified atom stereocenters. The van der Waals surface area contributed by atoms with Crippen molar-refractivity contribution in [2.75, 3.05) is 17.8 Å². The minimum absolute atomic E-state index is 0.0448. The van der Waals surface area contributed by atoms with Gasteiger partial charge < -0.3 is 4.74 Å². The van der Waals surface area contributed by atoms with Gasteiger partial charge in [0.1, 0.15) is 11.6 Å². The van der Waals surface area contributed by atoms with Crippen molar-refractivity contribution >= 4 is 34.8 Å². The van der Waals surface area contributed by atoms with E-state index >= 15 is 0 Å². The number of hydrogen-bond acceptors (Lipinski definition) is 4. The normalized spacial score (nSPS) is 14.4. The lowest BCUT2D eigenvalue weighted by atomic mass is 10.0. The molecule has 0 atom stereocenters. The quantitative estimate of drug-likeness (QED) is 0.762. The summed E-state index contributed by atoms with van der Waals surface area (Å²) < 4.78 is 19.5. The van der Waals surface area contributed by atoms with Crippen LogP contribution in [0.3, 0.4) is 0 Å². The van der Waals surface area contributed by atoms with Gasteiger partial charge in [0.25, 0.3) is 11.8 Å². The summed E-state index contributed by atoms with van der Waals surface area (Å²) >= 11 is 1.27. The Morgan fingerprint density at radius 2 is 1.72 bits per heavy atom. The van der Waals surface area contributed by atoms with Crippen LogP contribution >= 0.6 is 11.8 Å². The summed E-state index contributed by atoms with van der Waals surface area (Å²) in [5, 5.41) is 0. The van der Waals surface area contributed by atoms with Gasteiger partial charge in [0.05, 0.1) is 23.3 Å². The van der Waals surface area contributed by atoms with Gasteiger partial charge in [0.2, 0.25) is 0 Å². The van der Waals surface area contributed by atoms with Crippen molar-refractivity contribution in [3.63, 3.8) is 0 Å². The van der Waals surface area contributed by atoms with Crippen LogP contribution in [0.15, 0.2) is 53.4 Å². The molecule has 1 aliphatic heterocycles. The van der Waals surface area contributed by atoms with E-state index in [-0.39, 0.29) is 11.3 Å². The van der Waals surface area contributed by atoms with Crippen molar-refractivity contribution in [2.45, 2.75) is 6.92 Å². The smallest absolute Gasteiger partial charge is 0.272 e. The number of halogens is 1. The number of imide groups is 1. The van der Waals surface area contributed by atoms with Crippen LogP contribution in [0.25, 0.3) is 5.57 Å². The van der Waals surface area contributed by atoms with E-state index in [1.165, 1.54) is 37.1 Å². The lowest BCUT2D eigenvalue weighted by Gasteiger charge is -2.16. The predicted octanol–water partition coefficient (Wildman–Crippen LogP) is 3.87. The number of nitrogens with zero attached hydrogens (tertiary/aromatic N) is 1. The average molecular weight is 357 g/mol. The molecule has 2 aromatic rings. The van der Waals surface area contributed by atoms with Crippen molar-refractivity contribution in [3.8, 4) is 5.75 Å². The Hall–Kier alpha value is -2.60. The highest BCUT2D eigenvalue weighted by Crippen LogP contribution is 2.41. The number of carbonyl (C=O) groups excluding carboxylic acids is 2. The van der Waals surface area contributed by atoms with Crippen LogP contribution in [0, 0.1) is 5.82 Å².